The van der Waals surface area contributed by atoms with Gasteiger partial charge in [-0.15, -0.1) is 0 Å². The molecule has 0 aromatic rings. The minimum Gasteiger partial charge on any atom is -0.449 e. The molecule has 0 radical (unpaired) electrons. The summed E-state index contributed by atoms with van der Waals surface area (Å²) >= 11 is 6.58. The molecular formula is C16H17Br2N3O7. The van der Waals surface area contributed by atoms with Gasteiger partial charge in [0.05, 0.1) is 30.9 Å². The maximum absolute atomic E-state index is 13.6. The molecule has 0 saturated carbocycles. The molecule has 1 aliphatic carbocycles. The van der Waals surface area contributed by atoms with Crippen molar-refractivity contribution in [2.75, 3.05) is 33.4 Å². The number of ketones is 2. The molecule has 3 saturated heterocycles. The van der Waals surface area contributed by atoms with Gasteiger partial charge >= 0.3 is 6.09 Å². The molecule has 0 aromatic carbocycles. The maximum atomic E-state index is 13.6. The second kappa shape index (κ2) is 5.55. The van der Waals surface area contributed by atoms with E-state index in [9.17, 15) is 19.5 Å². The average molecular weight is 523 g/mol. The molecular weight excluding hydrogens is 506 g/mol. The van der Waals surface area contributed by atoms with Crippen LogP contribution in [0.1, 0.15) is 0 Å². The van der Waals surface area contributed by atoms with E-state index in [1.54, 1.807) is 4.90 Å². The number of allylic oxidation sites excluding steroid dienone is 1. The number of carbonyl (C=O) groups is 3. The highest BCUT2D eigenvalue weighted by Crippen LogP contribution is 2.61. The summed E-state index contributed by atoms with van der Waals surface area (Å²) in [5.41, 5.74) is 3.67. The van der Waals surface area contributed by atoms with E-state index in [2.05, 4.69) is 31.9 Å². The maximum Gasteiger partial charge on any atom is 0.404 e. The third-order valence-electron chi connectivity index (χ3n) is 6.40. The first-order valence-corrected chi connectivity index (χ1v) is 10.3. The van der Waals surface area contributed by atoms with Crippen molar-refractivity contribution in [1.29, 1.82) is 0 Å². The number of nitrogens with zero attached hydrogens (tertiary/aromatic N) is 2. The fourth-order valence-corrected chi connectivity index (χ4v) is 6.31. The van der Waals surface area contributed by atoms with Gasteiger partial charge in [-0.3, -0.25) is 14.5 Å². The van der Waals surface area contributed by atoms with Gasteiger partial charge < -0.3 is 30.0 Å². The van der Waals surface area contributed by atoms with Gasteiger partial charge in [0, 0.05) is 18.2 Å². The number of likely N-dealkylation sites (N-methyl/N-ethyl adjacent to an activating group) is 1. The minimum absolute atomic E-state index is 0.0351. The van der Waals surface area contributed by atoms with Crippen molar-refractivity contribution in [3.05, 3.63) is 11.3 Å². The van der Waals surface area contributed by atoms with Gasteiger partial charge in [0.15, 0.2) is 5.72 Å². The number of primary amides is 1. The molecule has 3 fully saturated rings. The quantitative estimate of drug-likeness (QED) is 0.347. The highest BCUT2D eigenvalue weighted by Gasteiger charge is 2.79. The SMILES string of the molecule is CN1[C@H]2[C@@H]1CN1C3=C(C(=O)C4(OCCO4)C(Br)(Br)C3=O)[C@H](COC(N)=O)[C@@]21O. The summed E-state index contributed by atoms with van der Waals surface area (Å²) in [5.74, 6) is -3.95. The predicted molar refractivity (Wildman–Crippen MR) is 98.3 cm³/mol. The Hall–Kier alpha value is -1.05. The van der Waals surface area contributed by atoms with Gasteiger partial charge in [-0.05, 0) is 7.05 Å². The number of Topliss-reactive ketones (excluding diaryl/α,β-unsaturated/α-hetero) is 2. The third-order valence-corrected chi connectivity index (χ3v) is 8.17. The van der Waals surface area contributed by atoms with E-state index in [0.717, 1.165) is 0 Å². The smallest absolute Gasteiger partial charge is 0.404 e. The van der Waals surface area contributed by atoms with Crippen LogP contribution in [0.5, 0.6) is 0 Å². The van der Waals surface area contributed by atoms with Crippen molar-refractivity contribution in [1.82, 2.24) is 9.80 Å². The van der Waals surface area contributed by atoms with E-state index in [0.29, 0.717) is 6.54 Å². The van der Waals surface area contributed by atoms with Crippen molar-refractivity contribution in [2.45, 2.75) is 26.8 Å². The summed E-state index contributed by atoms with van der Waals surface area (Å²) in [6.45, 7) is 0.285. The van der Waals surface area contributed by atoms with Crippen LogP contribution in [-0.2, 0) is 23.8 Å². The van der Waals surface area contributed by atoms with E-state index in [-0.39, 0.29) is 43.2 Å². The van der Waals surface area contributed by atoms with E-state index in [1.165, 1.54) is 0 Å². The number of nitrogens with two attached hydrogens (primary N) is 1. The van der Waals surface area contributed by atoms with E-state index >= 15 is 0 Å². The molecule has 10 nitrogen and oxygen atoms in total. The second-order valence-corrected chi connectivity index (χ2v) is 11.0. The van der Waals surface area contributed by atoms with Crippen LogP contribution >= 0.6 is 31.9 Å². The van der Waals surface area contributed by atoms with Crippen LogP contribution in [0, 0.1) is 5.92 Å². The third kappa shape index (κ3) is 1.94. The molecule has 4 heterocycles. The van der Waals surface area contributed by atoms with Crippen LogP contribution < -0.4 is 5.73 Å². The highest BCUT2D eigenvalue weighted by molar-refractivity contribution is 9.26. The summed E-state index contributed by atoms with van der Waals surface area (Å²) in [5, 5.41) is 11.6. The standard InChI is InChI=1S/C16H17Br2N3O7/c1-20-7-4-21-9-8(6(5-26-13(19)24)14(21,25)10(7)20)11(22)16(27-2-3-28-16)15(17,18)12(9)23/h6-7,10,25H,2-5H2,1H3,(H2,19,24)/t6-,7-,10-,14+,20?/m0/s1. The van der Waals surface area contributed by atoms with Gasteiger partial charge in [-0.2, -0.15) is 0 Å². The molecule has 12 heteroatoms. The Morgan fingerprint density at radius 2 is 1.96 bits per heavy atom. The summed E-state index contributed by atoms with van der Waals surface area (Å²) in [6.07, 6.45) is -1.03. The fourth-order valence-electron chi connectivity index (χ4n) is 5.12. The largest absolute Gasteiger partial charge is 0.449 e. The number of halogens is 2. The monoisotopic (exact) mass is 521 g/mol. The summed E-state index contributed by atoms with van der Waals surface area (Å²) in [4.78, 5) is 41.8. The Morgan fingerprint density at radius 3 is 2.57 bits per heavy atom. The molecule has 3 N–H and O–H groups in total. The number of amides is 1. The number of hydrogen-bond acceptors (Lipinski definition) is 9. The van der Waals surface area contributed by atoms with Crippen LogP contribution in [0.3, 0.4) is 0 Å². The van der Waals surface area contributed by atoms with Crippen molar-refractivity contribution in [3.63, 3.8) is 0 Å². The average Bonchev–Trinajstić information content (AvgIpc) is 2.98. The second-order valence-electron chi connectivity index (χ2n) is 7.56. The molecule has 1 amide bonds. The number of ether oxygens (including phenoxy) is 3. The lowest BCUT2D eigenvalue weighted by Gasteiger charge is -2.41. The summed E-state index contributed by atoms with van der Waals surface area (Å²) in [7, 11) is 1.85. The lowest BCUT2D eigenvalue weighted by molar-refractivity contribution is -0.182. The predicted octanol–water partition coefficient (Wildman–Crippen LogP) is -0.967. The van der Waals surface area contributed by atoms with Crippen molar-refractivity contribution in [2.24, 2.45) is 11.7 Å². The van der Waals surface area contributed by atoms with Gasteiger partial charge in [0.2, 0.25) is 14.8 Å². The van der Waals surface area contributed by atoms with Crippen LogP contribution in [0.15, 0.2) is 11.3 Å². The zero-order valence-electron chi connectivity index (χ0n) is 14.7. The zero-order chi connectivity index (χ0) is 20.2. The molecule has 152 valence electrons. The molecule has 1 spiro atoms. The molecule has 0 aromatic heterocycles. The molecule has 0 bridgehead atoms. The fraction of sp³-hybridized carbons (Fsp3) is 0.688. The number of rotatable bonds is 2. The minimum atomic E-state index is -1.90. The highest BCUT2D eigenvalue weighted by atomic mass is 79.9. The Labute approximate surface area is 176 Å². The number of fused-ring (bicyclic) bond motifs is 4. The Bertz CT molecular complexity index is 855. The number of hydrogen-bond donors (Lipinski definition) is 2. The van der Waals surface area contributed by atoms with Gasteiger partial charge in [0.25, 0.3) is 5.79 Å². The van der Waals surface area contributed by atoms with Crippen molar-refractivity contribution in [3.8, 4) is 0 Å². The van der Waals surface area contributed by atoms with Crippen molar-refractivity contribution < 1.29 is 33.7 Å². The van der Waals surface area contributed by atoms with E-state index in [4.69, 9.17) is 19.9 Å². The van der Waals surface area contributed by atoms with E-state index < -0.39 is 38.3 Å². The number of carbonyl (C=O) groups excluding carboxylic acids is 3. The Kier molecular flexibility index (Phi) is 3.76. The van der Waals surface area contributed by atoms with Gasteiger partial charge in [-0.1, -0.05) is 31.9 Å². The molecule has 5 atom stereocenters. The Balaban J connectivity index is 1.67. The Morgan fingerprint density at radius 1 is 1.32 bits per heavy atom. The number of piperazine rings is 1. The topological polar surface area (TPSA) is 131 Å². The van der Waals surface area contributed by atoms with Crippen molar-refractivity contribution >= 4 is 49.5 Å². The zero-order valence-corrected chi connectivity index (χ0v) is 17.9. The molecule has 5 aliphatic rings. The van der Waals surface area contributed by atoms with Crippen LogP contribution in [-0.4, -0.2) is 92.8 Å². The number of alkyl halides is 2. The van der Waals surface area contributed by atoms with E-state index in [1.807, 2.05) is 11.9 Å². The first-order valence-electron chi connectivity index (χ1n) is 8.72. The first-order chi connectivity index (χ1) is 13.1. The van der Waals surface area contributed by atoms with Gasteiger partial charge in [-0.25, -0.2) is 4.79 Å². The number of aliphatic hydroxyl groups is 1. The first kappa shape index (κ1) is 18.9. The van der Waals surface area contributed by atoms with Crippen LogP contribution in [0.4, 0.5) is 4.79 Å². The molecule has 1 unspecified atom stereocenters. The molecule has 5 rings (SSSR count). The van der Waals surface area contributed by atoms with Gasteiger partial charge in [0.1, 0.15) is 6.61 Å². The normalized spacial score (nSPS) is 41.9. The lowest BCUT2D eigenvalue weighted by atomic mass is 9.80. The van der Waals surface area contributed by atoms with Crippen LogP contribution in [0.25, 0.3) is 0 Å². The molecule has 28 heavy (non-hydrogen) atoms. The van der Waals surface area contributed by atoms with Crippen LogP contribution in [0.2, 0.25) is 0 Å². The lowest BCUT2D eigenvalue weighted by Crippen LogP contribution is -2.62. The molecule has 4 aliphatic heterocycles. The summed E-state index contributed by atoms with van der Waals surface area (Å²) < 4.78 is 14.6. The summed E-state index contributed by atoms with van der Waals surface area (Å²) in [6, 6.07) is -0.269.